The highest BCUT2D eigenvalue weighted by molar-refractivity contribution is 7.90. The molecule has 1 heterocycles. The van der Waals surface area contributed by atoms with Crippen molar-refractivity contribution in [3.8, 4) is 0 Å². The van der Waals surface area contributed by atoms with Gasteiger partial charge in [-0.3, -0.25) is 0 Å². The normalized spacial score (nSPS) is 13.9. The van der Waals surface area contributed by atoms with Crippen molar-refractivity contribution < 1.29 is 12.8 Å². The first-order valence-corrected chi connectivity index (χ1v) is 7.45. The minimum absolute atomic E-state index is 0.0541. The summed E-state index contributed by atoms with van der Waals surface area (Å²) in [6.45, 7) is 4.70. The van der Waals surface area contributed by atoms with Gasteiger partial charge in [-0.15, -0.1) is 0 Å². The van der Waals surface area contributed by atoms with Crippen LogP contribution in [0.15, 0.2) is 16.7 Å². The van der Waals surface area contributed by atoms with Crippen LogP contribution in [0.3, 0.4) is 0 Å². The third-order valence-electron chi connectivity index (χ3n) is 2.50. The third kappa shape index (κ3) is 3.98. The van der Waals surface area contributed by atoms with Gasteiger partial charge in [0.05, 0.1) is 12.0 Å². The Kier molecular flexibility index (Phi) is 4.56. The molecule has 0 bridgehead atoms. The lowest BCUT2D eigenvalue weighted by atomic mass is 10.1. The third-order valence-corrected chi connectivity index (χ3v) is 3.48. The molecule has 0 aliphatic heterocycles. The van der Waals surface area contributed by atoms with Gasteiger partial charge in [0.1, 0.15) is 15.6 Å². The minimum atomic E-state index is -2.91. The van der Waals surface area contributed by atoms with Crippen molar-refractivity contribution in [3.63, 3.8) is 0 Å². The summed E-state index contributed by atoms with van der Waals surface area (Å²) in [5.74, 6) is 1.04. The van der Waals surface area contributed by atoms with Crippen molar-refractivity contribution in [1.29, 1.82) is 0 Å². The van der Waals surface area contributed by atoms with E-state index in [-0.39, 0.29) is 11.8 Å². The zero-order valence-electron chi connectivity index (χ0n) is 9.99. The molecule has 0 spiro atoms. The number of hydrogen-bond donors (Lipinski definition) is 1. The van der Waals surface area contributed by atoms with Gasteiger partial charge in [0.25, 0.3) is 0 Å². The Morgan fingerprint density at radius 1 is 1.50 bits per heavy atom. The maximum atomic E-state index is 11.1. The Bertz CT molecular complexity index is 422. The Morgan fingerprint density at radius 2 is 2.19 bits per heavy atom. The van der Waals surface area contributed by atoms with Gasteiger partial charge in [-0.25, -0.2) is 8.42 Å². The summed E-state index contributed by atoms with van der Waals surface area (Å²) in [4.78, 5) is 0. The largest absolute Gasteiger partial charge is 0.469 e. The molecule has 1 N–H and O–H groups in total. The molecule has 1 atom stereocenters. The van der Waals surface area contributed by atoms with E-state index >= 15 is 0 Å². The quantitative estimate of drug-likeness (QED) is 0.828. The Balaban J connectivity index is 2.72. The first kappa shape index (κ1) is 13.3. The first-order valence-electron chi connectivity index (χ1n) is 5.39. The Labute approximate surface area is 97.0 Å². The van der Waals surface area contributed by atoms with E-state index in [0.717, 1.165) is 17.9 Å². The van der Waals surface area contributed by atoms with Crippen LogP contribution in [0, 0.1) is 6.92 Å². The molecule has 0 aromatic carbocycles. The molecular weight excluding hydrogens is 226 g/mol. The van der Waals surface area contributed by atoms with Crippen molar-refractivity contribution >= 4 is 9.84 Å². The van der Waals surface area contributed by atoms with Crippen LogP contribution in [0.25, 0.3) is 0 Å². The molecule has 0 aliphatic carbocycles. The zero-order chi connectivity index (χ0) is 12.2. The molecule has 16 heavy (non-hydrogen) atoms. The summed E-state index contributed by atoms with van der Waals surface area (Å²) >= 11 is 0. The van der Waals surface area contributed by atoms with Crippen molar-refractivity contribution in [1.82, 2.24) is 5.32 Å². The molecule has 1 rings (SSSR count). The topological polar surface area (TPSA) is 59.3 Å². The summed E-state index contributed by atoms with van der Waals surface area (Å²) in [6, 6.07) is 1.95. The fourth-order valence-corrected chi connectivity index (χ4v) is 2.37. The molecule has 0 fully saturated rings. The van der Waals surface area contributed by atoms with E-state index in [1.807, 2.05) is 19.9 Å². The Morgan fingerprint density at radius 3 is 2.62 bits per heavy atom. The van der Waals surface area contributed by atoms with Gasteiger partial charge in [0, 0.05) is 17.9 Å². The maximum absolute atomic E-state index is 11.1. The van der Waals surface area contributed by atoms with Gasteiger partial charge >= 0.3 is 0 Å². The summed E-state index contributed by atoms with van der Waals surface area (Å²) in [7, 11) is -2.91. The van der Waals surface area contributed by atoms with Crippen LogP contribution >= 0.6 is 0 Å². The van der Waals surface area contributed by atoms with Crippen LogP contribution in [-0.4, -0.2) is 27.0 Å². The summed E-state index contributed by atoms with van der Waals surface area (Å²) in [5.41, 5.74) is 1.05. The van der Waals surface area contributed by atoms with Crippen LogP contribution < -0.4 is 5.32 Å². The van der Waals surface area contributed by atoms with Gasteiger partial charge < -0.3 is 9.73 Å². The van der Waals surface area contributed by atoms with Crippen LogP contribution in [0.2, 0.25) is 0 Å². The second kappa shape index (κ2) is 5.50. The monoisotopic (exact) mass is 245 g/mol. The lowest BCUT2D eigenvalue weighted by molar-refractivity contribution is 0.494. The van der Waals surface area contributed by atoms with Gasteiger partial charge in [0.2, 0.25) is 0 Å². The molecule has 0 aliphatic rings. The number of hydrogen-bond acceptors (Lipinski definition) is 4. The predicted molar refractivity (Wildman–Crippen MR) is 64.2 cm³/mol. The summed E-state index contributed by atoms with van der Waals surface area (Å²) < 4.78 is 27.5. The number of aryl methyl sites for hydroxylation is 1. The number of nitrogens with one attached hydrogen (secondary N) is 1. The molecule has 0 amide bonds. The van der Waals surface area contributed by atoms with E-state index in [1.165, 1.54) is 6.26 Å². The highest BCUT2D eigenvalue weighted by Gasteiger charge is 2.16. The molecule has 1 unspecified atom stereocenters. The van der Waals surface area contributed by atoms with Crippen LogP contribution in [0.4, 0.5) is 0 Å². The number of furan rings is 1. The van der Waals surface area contributed by atoms with E-state index in [1.54, 1.807) is 6.26 Å². The molecule has 0 radical (unpaired) electrons. The van der Waals surface area contributed by atoms with Crippen LogP contribution in [0.5, 0.6) is 0 Å². The molecule has 0 saturated heterocycles. The van der Waals surface area contributed by atoms with E-state index in [4.69, 9.17) is 4.42 Å². The van der Waals surface area contributed by atoms with Gasteiger partial charge in [-0.05, 0) is 26.0 Å². The fourth-order valence-electron chi connectivity index (χ4n) is 1.70. The van der Waals surface area contributed by atoms with E-state index in [9.17, 15) is 8.42 Å². The average Bonchev–Trinajstić information content (AvgIpc) is 2.57. The average molecular weight is 245 g/mol. The van der Waals surface area contributed by atoms with Crippen molar-refractivity contribution in [2.45, 2.75) is 26.3 Å². The molecule has 92 valence electrons. The fraction of sp³-hybridized carbons (Fsp3) is 0.636. The van der Waals surface area contributed by atoms with E-state index in [2.05, 4.69) is 5.32 Å². The van der Waals surface area contributed by atoms with Crippen molar-refractivity contribution in [2.75, 3.05) is 18.6 Å². The van der Waals surface area contributed by atoms with Crippen LogP contribution in [0.1, 0.15) is 30.7 Å². The SMILES string of the molecule is CCNC(CCS(C)(=O)=O)c1ccoc1C. The standard InChI is InChI=1S/C11H19NO3S/c1-4-12-11(6-8-16(3,13)14)10-5-7-15-9(10)2/h5,7,11-12H,4,6,8H2,1-3H3. The first-order chi connectivity index (χ1) is 7.44. The second-order valence-corrected chi connectivity index (χ2v) is 6.22. The molecule has 1 aromatic rings. The summed E-state index contributed by atoms with van der Waals surface area (Å²) in [5, 5.41) is 3.27. The molecule has 1 aromatic heterocycles. The van der Waals surface area contributed by atoms with Crippen LogP contribution in [-0.2, 0) is 9.84 Å². The van der Waals surface area contributed by atoms with Crippen molar-refractivity contribution in [2.24, 2.45) is 0 Å². The highest BCUT2D eigenvalue weighted by atomic mass is 32.2. The van der Waals surface area contributed by atoms with Gasteiger partial charge in [0.15, 0.2) is 0 Å². The number of sulfone groups is 1. The molecule has 4 nitrogen and oxygen atoms in total. The smallest absolute Gasteiger partial charge is 0.147 e. The maximum Gasteiger partial charge on any atom is 0.147 e. The molecule has 0 saturated carbocycles. The van der Waals surface area contributed by atoms with Crippen molar-refractivity contribution in [3.05, 3.63) is 23.7 Å². The Hall–Kier alpha value is -0.810. The highest BCUT2D eigenvalue weighted by Crippen LogP contribution is 2.22. The lowest BCUT2D eigenvalue weighted by Crippen LogP contribution is -2.23. The van der Waals surface area contributed by atoms with E-state index < -0.39 is 9.84 Å². The number of rotatable bonds is 6. The van der Waals surface area contributed by atoms with Gasteiger partial charge in [-0.2, -0.15) is 0 Å². The summed E-state index contributed by atoms with van der Waals surface area (Å²) in [6.07, 6.45) is 3.47. The second-order valence-electron chi connectivity index (χ2n) is 3.96. The lowest BCUT2D eigenvalue weighted by Gasteiger charge is -2.16. The predicted octanol–water partition coefficient (Wildman–Crippen LogP) is 1.67. The molecule has 5 heteroatoms. The van der Waals surface area contributed by atoms with E-state index in [0.29, 0.717) is 6.42 Å². The van der Waals surface area contributed by atoms with Gasteiger partial charge in [-0.1, -0.05) is 6.92 Å². The zero-order valence-corrected chi connectivity index (χ0v) is 10.8. The minimum Gasteiger partial charge on any atom is -0.469 e. The molecular formula is C11H19NO3S.